The van der Waals surface area contributed by atoms with Crippen LogP contribution in [0.3, 0.4) is 0 Å². The van der Waals surface area contributed by atoms with Crippen LogP contribution < -0.4 is 5.32 Å². The van der Waals surface area contributed by atoms with Crippen molar-refractivity contribution in [1.29, 1.82) is 0 Å². The number of rotatable bonds is 4. The van der Waals surface area contributed by atoms with E-state index in [9.17, 15) is 8.78 Å². The first-order chi connectivity index (χ1) is 8.20. The molecule has 6 heteroatoms. The molecule has 1 aromatic carbocycles. The Morgan fingerprint density at radius 3 is 2.59 bits per heavy atom. The largest absolute Gasteiger partial charge is 0.339 e. The van der Waals surface area contributed by atoms with Gasteiger partial charge in [-0.2, -0.15) is 0 Å². The van der Waals surface area contributed by atoms with Crippen molar-refractivity contribution in [2.45, 2.75) is 16.6 Å². The smallest absolute Gasteiger partial charge is 0.170 e. The third kappa shape index (κ3) is 2.83. The molecule has 0 aliphatic carbocycles. The van der Waals surface area contributed by atoms with E-state index >= 15 is 0 Å². The van der Waals surface area contributed by atoms with Gasteiger partial charge in [0.2, 0.25) is 0 Å². The Hall–Kier alpha value is -1.40. The summed E-state index contributed by atoms with van der Waals surface area (Å²) in [7, 11) is 1.72. The van der Waals surface area contributed by atoms with Crippen molar-refractivity contribution in [1.82, 2.24) is 15.3 Å². The number of nitrogens with zero attached hydrogens (tertiary/aromatic N) is 1. The molecule has 17 heavy (non-hydrogen) atoms. The van der Waals surface area contributed by atoms with Crippen LogP contribution in [0, 0.1) is 11.6 Å². The summed E-state index contributed by atoms with van der Waals surface area (Å²) in [5, 5.41) is 3.31. The molecule has 0 atom stereocenters. The minimum atomic E-state index is -0.573. The SMILES string of the molecule is CNCc1cc(F)c(Sc2ncc[nH]2)c(F)c1. The third-order valence-electron chi connectivity index (χ3n) is 2.11. The van der Waals surface area contributed by atoms with Gasteiger partial charge in [0.05, 0.1) is 4.90 Å². The monoisotopic (exact) mass is 255 g/mol. The molecule has 0 unspecified atom stereocenters. The summed E-state index contributed by atoms with van der Waals surface area (Å²) in [6.45, 7) is 0.430. The van der Waals surface area contributed by atoms with Gasteiger partial charge in [-0.05, 0) is 36.5 Å². The fraction of sp³-hybridized carbons (Fsp3) is 0.182. The molecule has 0 saturated carbocycles. The highest BCUT2D eigenvalue weighted by molar-refractivity contribution is 7.99. The standard InChI is InChI=1S/C11H11F2N3S/c1-14-6-7-4-8(12)10(9(13)5-7)17-11-15-2-3-16-11/h2-5,14H,6H2,1H3,(H,15,16). The van der Waals surface area contributed by atoms with Crippen LogP contribution in [0.4, 0.5) is 8.78 Å². The Balaban J connectivity index is 2.28. The number of H-pyrrole nitrogens is 1. The fourth-order valence-electron chi connectivity index (χ4n) is 1.42. The van der Waals surface area contributed by atoms with E-state index in [0.29, 0.717) is 17.3 Å². The molecule has 0 amide bonds. The lowest BCUT2D eigenvalue weighted by Crippen LogP contribution is -2.06. The van der Waals surface area contributed by atoms with Gasteiger partial charge >= 0.3 is 0 Å². The maximum atomic E-state index is 13.7. The maximum absolute atomic E-state index is 13.7. The summed E-state index contributed by atoms with van der Waals surface area (Å²) in [6.07, 6.45) is 3.14. The van der Waals surface area contributed by atoms with Gasteiger partial charge in [-0.1, -0.05) is 0 Å². The van der Waals surface area contributed by atoms with Gasteiger partial charge in [-0.15, -0.1) is 0 Å². The Kier molecular flexibility index (Phi) is 3.75. The van der Waals surface area contributed by atoms with Crippen LogP contribution in [-0.4, -0.2) is 17.0 Å². The Morgan fingerprint density at radius 2 is 2.06 bits per heavy atom. The molecule has 90 valence electrons. The second kappa shape index (κ2) is 5.29. The van der Waals surface area contributed by atoms with Gasteiger partial charge in [-0.25, -0.2) is 13.8 Å². The number of benzene rings is 1. The first kappa shape index (κ1) is 12.1. The minimum absolute atomic E-state index is 0.0418. The Morgan fingerprint density at radius 1 is 1.35 bits per heavy atom. The van der Waals surface area contributed by atoms with Gasteiger partial charge in [0.15, 0.2) is 5.16 Å². The minimum Gasteiger partial charge on any atom is -0.339 e. The van der Waals surface area contributed by atoms with Crippen LogP contribution in [0.2, 0.25) is 0 Å². The van der Waals surface area contributed by atoms with Crippen molar-refractivity contribution in [3.8, 4) is 0 Å². The van der Waals surface area contributed by atoms with Crippen LogP contribution >= 0.6 is 11.8 Å². The van der Waals surface area contributed by atoms with Crippen molar-refractivity contribution >= 4 is 11.8 Å². The lowest BCUT2D eigenvalue weighted by Gasteiger charge is -2.06. The highest BCUT2D eigenvalue weighted by Gasteiger charge is 2.13. The number of aromatic nitrogens is 2. The molecule has 0 bridgehead atoms. The number of nitrogens with one attached hydrogen (secondary N) is 2. The molecule has 3 nitrogen and oxygen atoms in total. The molecule has 0 aliphatic rings. The zero-order valence-corrected chi connectivity index (χ0v) is 9.94. The highest BCUT2D eigenvalue weighted by Crippen LogP contribution is 2.30. The molecule has 2 rings (SSSR count). The summed E-state index contributed by atoms with van der Waals surface area (Å²) in [4.78, 5) is 6.66. The molecule has 0 spiro atoms. The van der Waals surface area contributed by atoms with Gasteiger partial charge in [0, 0.05) is 18.9 Å². The fourth-order valence-corrected chi connectivity index (χ4v) is 2.17. The summed E-state index contributed by atoms with van der Waals surface area (Å²) >= 11 is 0.937. The third-order valence-corrected chi connectivity index (χ3v) is 3.12. The van der Waals surface area contributed by atoms with Crippen LogP contribution in [0.15, 0.2) is 34.6 Å². The molecular formula is C11H11F2N3S. The van der Waals surface area contributed by atoms with Gasteiger partial charge in [0.25, 0.3) is 0 Å². The maximum Gasteiger partial charge on any atom is 0.170 e. The van der Waals surface area contributed by atoms with Gasteiger partial charge in [0.1, 0.15) is 11.6 Å². The summed E-state index contributed by atoms with van der Waals surface area (Å²) in [5.41, 5.74) is 0.575. The molecule has 0 saturated heterocycles. The first-order valence-corrected chi connectivity index (χ1v) is 5.82. The van der Waals surface area contributed by atoms with Crippen molar-refractivity contribution in [2.24, 2.45) is 0 Å². The number of halogens is 2. The highest BCUT2D eigenvalue weighted by atomic mass is 32.2. The number of imidazole rings is 1. The molecule has 1 aromatic heterocycles. The number of hydrogen-bond acceptors (Lipinski definition) is 3. The van der Waals surface area contributed by atoms with Crippen molar-refractivity contribution in [2.75, 3.05) is 7.05 Å². The van der Waals surface area contributed by atoms with Crippen LogP contribution in [0.1, 0.15) is 5.56 Å². The van der Waals surface area contributed by atoms with Crippen molar-refractivity contribution in [3.05, 3.63) is 41.7 Å². The lowest BCUT2D eigenvalue weighted by atomic mass is 10.2. The molecular weight excluding hydrogens is 244 g/mol. The average Bonchev–Trinajstić information content (AvgIpc) is 2.76. The van der Waals surface area contributed by atoms with Crippen molar-refractivity contribution < 1.29 is 8.78 Å². The van der Waals surface area contributed by atoms with Gasteiger partial charge in [-0.3, -0.25) is 0 Å². The summed E-state index contributed by atoms with van der Waals surface area (Å²) < 4.78 is 27.4. The van der Waals surface area contributed by atoms with Crippen LogP contribution in [0.5, 0.6) is 0 Å². The van der Waals surface area contributed by atoms with E-state index in [1.807, 2.05) is 0 Å². The molecule has 0 radical (unpaired) electrons. The predicted octanol–water partition coefficient (Wildman–Crippen LogP) is 2.56. The topological polar surface area (TPSA) is 40.7 Å². The van der Waals surface area contributed by atoms with E-state index in [0.717, 1.165) is 11.8 Å². The molecule has 2 N–H and O–H groups in total. The summed E-state index contributed by atoms with van der Waals surface area (Å²) in [5.74, 6) is -1.15. The van der Waals surface area contributed by atoms with E-state index < -0.39 is 11.6 Å². The average molecular weight is 255 g/mol. The number of hydrogen-bond donors (Lipinski definition) is 2. The molecule has 2 aromatic rings. The zero-order valence-electron chi connectivity index (χ0n) is 9.13. The second-order valence-corrected chi connectivity index (χ2v) is 4.41. The second-order valence-electron chi connectivity index (χ2n) is 3.42. The normalized spacial score (nSPS) is 10.8. The van der Waals surface area contributed by atoms with E-state index in [4.69, 9.17) is 0 Å². The Bertz CT molecular complexity index is 476. The van der Waals surface area contributed by atoms with Gasteiger partial charge < -0.3 is 10.3 Å². The molecule has 0 fully saturated rings. The quantitative estimate of drug-likeness (QED) is 0.882. The van der Waals surface area contributed by atoms with Crippen LogP contribution in [-0.2, 0) is 6.54 Å². The van der Waals surface area contributed by atoms with Crippen LogP contribution in [0.25, 0.3) is 0 Å². The predicted molar refractivity (Wildman–Crippen MR) is 61.8 cm³/mol. The summed E-state index contributed by atoms with van der Waals surface area (Å²) in [6, 6.07) is 2.65. The lowest BCUT2D eigenvalue weighted by molar-refractivity contribution is 0.535. The van der Waals surface area contributed by atoms with E-state index in [1.165, 1.54) is 18.3 Å². The van der Waals surface area contributed by atoms with E-state index in [2.05, 4.69) is 15.3 Å². The van der Waals surface area contributed by atoms with E-state index in [-0.39, 0.29) is 4.90 Å². The molecule has 1 heterocycles. The first-order valence-electron chi connectivity index (χ1n) is 5.00. The molecule has 0 aliphatic heterocycles. The van der Waals surface area contributed by atoms with E-state index in [1.54, 1.807) is 13.2 Å². The zero-order chi connectivity index (χ0) is 12.3. The number of aromatic amines is 1. The Labute approximate surface area is 102 Å². The van der Waals surface area contributed by atoms with Crippen molar-refractivity contribution in [3.63, 3.8) is 0 Å².